The fourth-order valence-corrected chi connectivity index (χ4v) is 0.958. The molecule has 1 rings (SSSR count). The van der Waals surface area contributed by atoms with Gasteiger partial charge in [0.25, 0.3) is 0 Å². The fraction of sp³-hybridized carbons (Fsp3) is 0.222. The number of amides is 1. The van der Waals surface area contributed by atoms with Gasteiger partial charge in [0.2, 0.25) is 5.91 Å². The summed E-state index contributed by atoms with van der Waals surface area (Å²) in [5, 5.41) is 2.70. The average molecular weight is 165 g/mol. The van der Waals surface area contributed by atoms with Gasteiger partial charge in [-0.15, -0.1) is 0 Å². The zero-order chi connectivity index (χ0) is 8.97. The summed E-state index contributed by atoms with van der Waals surface area (Å²) >= 11 is 0. The molecule has 0 spiro atoms. The van der Waals surface area contributed by atoms with E-state index in [-0.39, 0.29) is 5.91 Å². The van der Waals surface area contributed by atoms with Crippen LogP contribution in [0.15, 0.2) is 24.3 Å². The molecular weight excluding hydrogens is 152 g/mol. The van der Waals surface area contributed by atoms with Gasteiger partial charge in [-0.1, -0.05) is 12.1 Å². The van der Waals surface area contributed by atoms with Crippen LogP contribution in [0.2, 0.25) is 0 Å². The van der Waals surface area contributed by atoms with Crippen molar-refractivity contribution in [1.82, 2.24) is 0 Å². The van der Waals surface area contributed by atoms with E-state index in [0.29, 0.717) is 0 Å². The van der Waals surface area contributed by atoms with Gasteiger partial charge in [0.1, 0.15) is 0 Å². The molecule has 12 heavy (non-hydrogen) atoms. The Kier molecular flexibility index (Phi) is 2.82. The Morgan fingerprint density at radius 1 is 1.42 bits per heavy atom. The fourth-order valence-electron chi connectivity index (χ4n) is 0.958. The lowest BCUT2D eigenvalue weighted by molar-refractivity contribution is -0.386. The van der Waals surface area contributed by atoms with Crippen LogP contribution in [0.3, 0.4) is 0 Å². The Labute approximate surface area is 71.6 Å². The Hall–Kier alpha value is -1.35. The first kappa shape index (κ1) is 8.74. The SMILES string of the molecule is CC(=O)Nc1ccc(C[NH3+])cc1. The predicted octanol–water partition coefficient (Wildman–Crippen LogP) is 0.387. The number of quaternary nitrogens is 1. The second kappa shape index (κ2) is 3.88. The van der Waals surface area contributed by atoms with Crippen molar-refractivity contribution < 1.29 is 10.5 Å². The summed E-state index contributed by atoms with van der Waals surface area (Å²) in [6.07, 6.45) is 0. The van der Waals surface area contributed by atoms with E-state index in [0.717, 1.165) is 12.2 Å². The van der Waals surface area contributed by atoms with Crippen LogP contribution in [0.5, 0.6) is 0 Å². The minimum absolute atomic E-state index is 0.0441. The number of nitrogens with one attached hydrogen (secondary N) is 1. The van der Waals surface area contributed by atoms with Crippen molar-refractivity contribution >= 4 is 11.6 Å². The molecule has 0 saturated heterocycles. The molecule has 64 valence electrons. The van der Waals surface area contributed by atoms with Crippen LogP contribution in [0.25, 0.3) is 0 Å². The summed E-state index contributed by atoms with van der Waals surface area (Å²) in [5.74, 6) is -0.0441. The lowest BCUT2D eigenvalue weighted by Gasteiger charge is -2.01. The number of benzene rings is 1. The minimum Gasteiger partial charge on any atom is -0.354 e. The Morgan fingerprint density at radius 2 is 2.00 bits per heavy atom. The average Bonchev–Trinajstić information content (AvgIpc) is 2.05. The normalized spacial score (nSPS) is 9.50. The van der Waals surface area contributed by atoms with Crippen molar-refractivity contribution in [2.75, 3.05) is 5.32 Å². The third-order valence-electron chi connectivity index (χ3n) is 1.56. The van der Waals surface area contributed by atoms with Crippen LogP contribution in [-0.2, 0) is 11.3 Å². The second-order valence-corrected chi connectivity index (χ2v) is 2.63. The molecule has 4 N–H and O–H groups in total. The molecule has 0 aliphatic rings. The highest BCUT2D eigenvalue weighted by atomic mass is 16.1. The molecule has 3 heteroatoms. The summed E-state index contributed by atoms with van der Waals surface area (Å²) in [6.45, 7) is 2.27. The van der Waals surface area contributed by atoms with Gasteiger partial charge in [-0.25, -0.2) is 0 Å². The van der Waals surface area contributed by atoms with Crippen molar-refractivity contribution in [3.8, 4) is 0 Å². The lowest BCUT2D eigenvalue weighted by Crippen LogP contribution is -2.47. The summed E-state index contributed by atoms with van der Waals surface area (Å²) in [5.41, 5.74) is 5.76. The highest BCUT2D eigenvalue weighted by molar-refractivity contribution is 5.88. The molecule has 0 bridgehead atoms. The smallest absolute Gasteiger partial charge is 0.221 e. The highest BCUT2D eigenvalue weighted by Gasteiger charge is 1.94. The monoisotopic (exact) mass is 165 g/mol. The zero-order valence-corrected chi connectivity index (χ0v) is 7.13. The largest absolute Gasteiger partial charge is 0.354 e. The Morgan fingerprint density at radius 3 is 2.42 bits per heavy atom. The van der Waals surface area contributed by atoms with Crippen LogP contribution < -0.4 is 11.1 Å². The predicted molar refractivity (Wildman–Crippen MR) is 47.3 cm³/mol. The van der Waals surface area contributed by atoms with E-state index in [2.05, 4.69) is 11.1 Å². The van der Waals surface area contributed by atoms with Gasteiger partial charge in [0, 0.05) is 18.2 Å². The van der Waals surface area contributed by atoms with Gasteiger partial charge in [-0.2, -0.15) is 0 Å². The van der Waals surface area contributed by atoms with Crippen LogP contribution in [0.1, 0.15) is 12.5 Å². The minimum atomic E-state index is -0.0441. The molecule has 0 atom stereocenters. The van der Waals surface area contributed by atoms with Crippen LogP contribution >= 0.6 is 0 Å². The van der Waals surface area contributed by atoms with Crippen molar-refractivity contribution in [1.29, 1.82) is 0 Å². The number of carbonyl (C=O) groups excluding carboxylic acids is 1. The van der Waals surface area contributed by atoms with Gasteiger partial charge in [0.05, 0.1) is 6.54 Å². The maximum atomic E-state index is 10.6. The summed E-state index contributed by atoms with van der Waals surface area (Å²) in [4.78, 5) is 10.6. The van der Waals surface area contributed by atoms with E-state index in [9.17, 15) is 4.79 Å². The molecule has 0 fully saturated rings. The number of hydrogen-bond donors (Lipinski definition) is 2. The first-order valence-corrected chi connectivity index (χ1v) is 3.88. The number of carbonyl (C=O) groups is 1. The van der Waals surface area contributed by atoms with Crippen molar-refractivity contribution in [2.45, 2.75) is 13.5 Å². The van der Waals surface area contributed by atoms with Gasteiger partial charge < -0.3 is 11.1 Å². The van der Waals surface area contributed by atoms with E-state index in [1.807, 2.05) is 24.3 Å². The van der Waals surface area contributed by atoms with E-state index >= 15 is 0 Å². The van der Waals surface area contributed by atoms with E-state index in [1.54, 1.807) is 0 Å². The van der Waals surface area contributed by atoms with Crippen LogP contribution in [0.4, 0.5) is 5.69 Å². The lowest BCUT2D eigenvalue weighted by atomic mass is 10.2. The van der Waals surface area contributed by atoms with Crippen molar-refractivity contribution in [3.05, 3.63) is 29.8 Å². The Bertz CT molecular complexity index is 266. The van der Waals surface area contributed by atoms with E-state index in [4.69, 9.17) is 0 Å². The molecule has 0 aliphatic carbocycles. The molecule has 0 radical (unpaired) electrons. The third-order valence-corrected chi connectivity index (χ3v) is 1.56. The van der Waals surface area contributed by atoms with Gasteiger partial charge in [0.15, 0.2) is 0 Å². The maximum Gasteiger partial charge on any atom is 0.221 e. The Balaban J connectivity index is 2.71. The van der Waals surface area contributed by atoms with E-state index < -0.39 is 0 Å². The van der Waals surface area contributed by atoms with Crippen molar-refractivity contribution in [2.24, 2.45) is 0 Å². The molecule has 0 aliphatic heterocycles. The number of anilines is 1. The maximum absolute atomic E-state index is 10.6. The molecule has 1 amide bonds. The quantitative estimate of drug-likeness (QED) is 0.654. The van der Waals surface area contributed by atoms with Crippen molar-refractivity contribution in [3.63, 3.8) is 0 Å². The molecule has 3 nitrogen and oxygen atoms in total. The molecule has 0 saturated carbocycles. The molecule has 0 aromatic heterocycles. The molecular formula is C9H13N2O+. The molecule has 0 unspecified atom stereocenters. The highest BCUT2D eigenvalue weighted by Crippen LogP contribution is 2.07. The standard InChI is InChI=1S/C9H12N2O/c1-7(12)11-9-4-2-8(6-10)3-5-9/h2-5H,6,10H2,1H3,(H,11,12)/p+1. The number of hydrogen-bond acceptors (Lipinski definition) is 1. The van der Waals surface area contributed by atoms with Crippen LogP contribution in [0, 0.1) is 0 Å². The van der Waals surface area contributed by atoms with Gasteiger partial charge >= 0.3 is 0 Å². The summed E-state index contributed by atoms with van der Waals surface area (Å²) < 4.78 is 0. The van der Waals surface area contributed by atoms with Crippen LogP contribution in [-0.4, -0.2) is 5.91 Å². The third kappa shape index (κ3) is 2.36. The molecule has 0 heterocycles. The number of rotatable bonds is 2. The van der Waals surface area contributed by atoms with Gasteiger partial charge in [-0.3, -0.25) is 4.79 Å². The first-order chi connectivity index (χ1) is 5.72. The van der Waals surface area contributed by atoms with E-state index in [1.165, 1.54) is 12.5 Å². The summed E-state index contributed by atoms with van der Waals surface area (Å²) in [7, 11) is 0. The summed E-state index contributed by atoms with van der Waals surface area (Å²) in [6, 6.07) is 7.67. The molecule has 1 aromatic carbocycles. The topological polar surface area (TPSA) is 56.7 Å². The second-order valence-electron chi connectivity index (χ2n) is 2.63. The van der Waals surface area contributed by atoms with Gasteiger partial charge in [-0.05, 0) is 12.1 Å². The zero-order valence-electron chi connectivity index (χ0n) is 7.13. The molecule has 1 aromatic rings. The first-order valence-electron chi connectivity index (χ1n) is 3.88.